The predicted octanol–water partition coefficient (Wildman–Crippen LogP) is 5.58. The van der Waals surface area contributed by atoms with Crippen LogP contribution in [0, 0.1) is 5.82 Å². The third kappa shape index (κ3) is 4.07. The molecule has 0 saturated heterocycles. The van der Waals surface area contributed by atoms with Gasteiger partial charge >= 0.3 is 0 Å². The van der Waals surface area contributed by atoms with E-state index in [0.717, 1.165) is 33.2 Å². The minimum Gasteiger partial charge on any atom is -0.473 e. The van der Waals surface area contributed by atoms with Crippen LogP contribution in [-0.2, 0) is 6.61 Å². The molecular weight excluding hydrogens is 373 g/mol. The van der Waals surface area contributed by atoms with Crippen LogP contribution in [0.5, 0.6) is 5.88 Å². The minimum atomic E-state index is -0.268. The molecule has 0 aliphatic carbocycles. The molecule has 0 aliphatic heterocycles. The first-order chi connectivity index (χ1) is 13.7. The van der Waals surface area contributed by atoms with Crippen LogP contribution in [0.15, 0.2) is 78.1 Å². The Hall–Kier alpha value is -3.12. The maximum atomic E-state index is 13.3. The molecule has 2 heterocycles. The van der Waals surface area contributed by atoms with Crippen molar-refractivity contribution in [1.82, 2.24) is 15.0 Å². The van der Waals surface area contributed by atoms with Crippen molar-refractivity contribution in [3.8, 4) is 28.4 Å². The number of aromatic nitrogens is 3. The lowest BCUT2D eigenvalue weighted by atomic mass is 10.1. The van der Waals surface area contributed by atoms with Gasteiger partial charge in [-0.1, -0.05) is 42.1 Å². The Morgan fingerprint density at radius 3 is 2.54 bits per heavy atom. The van der Waals surface area contributed by atoms with Gasteiger partial charge in [-0.3, -0.25) is 0 Å². The van der Waals surface area contributed by atoms with Crippen LogP contribution >= 0.6 is 11.8 Å². The van der Waals surface area contributed by atoms with Crippen molar-refractivity contribution >= 4 is 11.8 Å². The normalized spacial score (nSPS) is 10.8. The lowest BCUT2D eigenvalue weighted by Gasteiger charge is -2.07. The number of nitrogens with zero attached hydrogens (tertiary/aromatic N) is 2. The van der Waals surface area contributed by atoms with Gasteiger partial charge in [0.2, 0.25) is 5.88 Å². The van der Waals surface area contributed by atoms with Crippen LogP contribution in [0.25, 0.3) is 22.5 Å². The van der Waals surface area contributed by atoms with E-state index in [1.807, 2.05) is 48.7 Å². The lowest BCUT2D eigenvalue weighted by molar-refractivity contribution is 0.294. The molecule has 0 saturated carbocycles. The minimum absolute atomic E-state index is 0.268. The molecule has 4 rings (SSSR count). The van der Waals surface area contributed by atoms with Crippen molar-refractivity contribution in [2.75, 3.05) is 6.26 Å². The lowest BCUT2D eigenvalue weighted by Crippen LogP contribution is -1.97. The molecule has 0 aliphatic rings. The summed E-state index contributed by atoms with van der Waals surface area (Å²) in [5.41, 5.74) is 4.44. The third-order valence-electron chi connectivity index (χ3n) is 4.25. The molecule has 6 heteroatoms. The van der Waals surface area contributed by atoms with Crippen molar-refractivity contribution in [1.29, 1.82) is 0 Å². The first-order valence-corrected chi connectivity index (χ1v) is 9.98. The fourth-order valence-corrected chi connectivity index (χ4v) is 3.24. The molecule has 28 heavy (non-hydrogen) atoms. The number of benzene rings is 2. The second kappa shape index (κ2) is 8.27. The number of hydrogen-bond acceptors (Lipinski definition) is 4. The number of ether oxygens (including phenoxy) is 1. The second-order valence-corrected chi connectivity index (χ2v) is 6.93. The van der Waals surface area contributed by atoms with Gasteiger partial charge in [0, 0.05) is 23.4 Å². The van der Waals surface area contributed by atoms with Crippen LogP contribution in [0.1, 0.15) is 5.56 Å². The van der Waals surface area contributed by atoms with Crippen LogP contribution in [0.4, 0.5) is 4.39 Å². The Bertz CT molecular complexity index is 1060. The highest BCUT2D eigenvalue weighted by molar-refractivity contribution is 7.98. The summed E-state index contributed by atoms with van der Waals surface area (Å²) < 4.78 is 19.2. The van der Waals surface area contributed by atoms with Crippen LogP contribution in [-0.4, -0.2) is 21.2 Å². The van der Waals surface area contributed by atoms with Gasteiger partial charge in [-0.05, 0) is 42.2 Å². The number of nitrogens with one attached hydrogen (secondary N) is 1. The maximum absolute atomic E-state index is 13.3. The number of imidazole rings is 1. The van der Waals surface area contributed by atoms with Crippen LogP contribution < -0.4 is 4.74 Å². The zero-order chi connectivity index (χ0) is 19.3. The summed E-state index contributed by atoms with van der Waals surface area (Å²) in [4.78, 5) is 12.3. The first-order valence-electron chi connectivity index (χ1n) is 8.76. The average Bonchev–Trinajstić information content (AvgIpc) is 3.18. The Morgan fingerprint density at radius 1 is 1.00 bits per heavy atom. The molecule has 0 radical (unpaired) electrons. The summed E-state index contributed by atoms with van der Waals surface area (Å²) in [7, 11) is 0. The molecule has 0 spiro atoms. The Kier molecular flexibility index (Phi) is 5.39. The van der Waals surface area contributed by atoms with Gasteiger partial charge in [0.15, 0.2) is 5.16 Å². The average molecular weight is 391 g/mol. The van der Waals surface area contributed by atoms with E-state index in [1.165, 1.54) is 23.9 Å². The molecule has 1 N–H and O–H groups in total. The summed E-state index contributed by atoms with van der Waals surface area (Å²) in [6, 6.07) is 20.1. The van der Waals surface area contributed by atoms with Crippen molar-refractivity contribution in [2.24, 2.45) is 0 Å². The first kappa shape index (κ1) is 18.3. The second-order valence-electron chi connectivity index (χ2n) is 6.13. The monoisotopic (exact) mass is 391 g/mol. The molecular formula is C22H18FN3OS. The molecule has 0 unspecified atom stereocenters. The van der Waals surface area contributed by atoms with Crippen molar-refractivity contribution in [3.05, 3.63) is 84.3 Å². The summed E-state index contributed by atoms with van der Waals surface area (Å²) in [5, 5.41) is 0.790. The summed E-state index contributed by atoms with van der Waals surface area (Å²) >= 11 is 1.52. The molecule has 2 aromatic carbocycles. The molecule has 0 amide bonds. The number of halogens is 1. The summed E-state index contributed by atoms with van der Waals surface area (Å²) in [5.74, 6) is 0.260. The Balaban J connectivity index is 1.65. The Labute approximate surface area is 166 Å². The fourth-order valence-electron chi connectivity index (χ4n) is 2.85. The number of thioether (sulfide) groups is 1. The van der Waals surface area contributed by atoms with Gasteiger partial charge in [-0.25, -0.2) is 14.4 Å². The van der Waals surface area contributed by atoms with Crippen molar-refractivity contribution in [2.45, 2.75) is 11.8 Å². The Morgan fingerprint density at radius 2 is 1.79 bits per heavy atom. The molecule has 0 fully saturated rings. The van der Waals surface area contributed by atoms with E-state index in [9.17, 15) is 4.39 Å². The van der Waals surface area contributed by atoms with Crippen molar-refractivity contribution in [3.63, 3.8) is 0 Å². The van der Waals surface area contributed by atoms with Gasteiger partial charge < -0.3 is 9.72 Å². The number of hydrogen-bond donors (Lipinski definition) is 1. The van der Waals surface area contributed by atoms with E-state index < -0.39 is 0 Å². The van der Waals surface area contributed by atoms with Gasteiger partial charge in [0.25, 0.3) is 0 Å². The topological polar surface area (TPSA) is 50.8 Å². The van der Waals surface area contributed by atoms with Gasteiger partial charge in [-0.2, -0.15) is 0 Å². The SMILES string of the molecule is CSc1nc(-c2ccnc(OCc3ccccc3)c2)c(-c2ccc(F)cc2)[nH]1. The predicted molar refractivity (Wildman–Crippen MR) is 110 cm³/mol. The molecule has 0 atom stereocenters. The number of aromatic amines is 1. The van der Waals surface area contributed by atoms with E-state index in [1.54, 1.807) is 18.3 Å². The molecule has 4 nitrogen and oxygen atoms in total. The highest BCUT2D eigenvalue weighted by Crippen LogP contribution is 2.33. The van der Waals surface area contributed by atoms with Gasteiger partial charge in [-0.15, -0.1) is 0 Å². The fraction of sp³-hybridized carbons (Fsp3) is 0.0909. The standard InChI is InChI=1S/C22H18FN3OS/c1-28-22-25-20(16-7-9-18(23)10-8-16)21(26-22)17-11-12-24-19(13-17)27-14-15-5-3-2-4-6-15/h2-13H,14H2,1H3,(H,25,26). The summed E-state index contributed by atoms with van der Waals surface area (Å²) in [6.07, 6.45) is 3.66. The van der Waals surface area contributed by atoms with E-state index in [0.29, 0.717) is 12.5 Å². The molecule has 2 aromatic heterocycles. The molecule has 0 bridgehead atoms. The van der Waals surface area contributed by atoms with Crippen LogP contribution in [0.2, 0.25) is 0 Å². The largest absolute Gasteiger partial charge is 0.473 e. The quantitative estimate of drug-likeness (QED) is 0.436. The van der Waals surface area contributed by atoms with Crippen LogP contribution in [0.3, 0.4) is 0 Å². The number of rotatable bonds is 6. The van der Waals surface area contributed by atoms with E-state index in [-0.39, 0.29) is 5.82 Å². The third-order valence-corrected chi connectivity index (χ3v) is 4.83. The van der Waals surface area contributed by atoms with E-state index in [2.05, 4.69) is 15.0 Å². The highest BCUT2D eigenvalue weighted by Gasteiger charge is 2.15. The summed E-state index contributed by atoms with van der Waals surface area (Å²) in [6.45, 7) is 0.443. The zero-order valence-electron chi connectivity index (χ0n) is 15.2. The van der Waals surface area contributed by atoms with E-state index in [4.69, 9.17) is 4.74 Å². The van der Waals surface area contributed by atoms with Gasteiger partial charge in [0.05, 0.1) is 11.4 Å². The number of H-pyrrole nitrogens is 1. The highest BCUT2D eigenvalue weighted by atomic mass is 32.2. The zero-order valence-corrected chi connectivity index (χ0v) is 16.0. The van der Waals surface area contributed by atoms with Crippen molar-refractivity contribution < 1.29 is 9.13 Å². The number of pyridine rings is 1. The maximum Gasteiger partial charge on any atom is 0.214 e. The molecule has 140 valence electrons. The van der Waals surface area contributed by atoms with Gasteiger partial charge in [0.1, 0.15) is 12.4 Å². The molecule has 4 aromatic rings. The smallest absolute Gasteiger partial charge is 0.214 e. The van der Waals surface area contributed by atoms with E-state index >= 15 is 0 Å².